The second-order valence-corrected chi connectivity index (χ2v) is 3.64. The first-order valence-electron chi connectivity index (χ1n) is 4.62. The van der Waals surface area contributed by atoms with E-state index in [9.17, 15) is 4.79 Å². The van der Waals surface area contributed by atoms with Crippen LogP contribution >= 0.6 is 0 Å². The molecule has 4 nitrogen and oxygen atoms in total. The molecule has 3 N–H and O–H groups in total. The summed E-state index contributed by atoms with van der Waals surface area (Å²) in [6, 6.07) is 0. The van der Waals surface area contributed by atoms with Crippen molar-refractivity contribution in [1.29, 1.82) is 0 Å². The van der Waals surface area contributed by atoms with Gasteiger partial charge in [0, 0.05) is 5.57 Å². The zero-order valence-electron chi connectivity index (χ0n) is 8.82. The molecule has 14 heavy (non-hydrogen) atoms. The number of aliphatic carboxylic acids is 1. The van der Waals surface area contributed by atoms with Crippen LogP contribution in [0.3, 0.4) is 0 Å². The maximum atomic E-state index is 10.7. The molecule has 0 amide bonds. The Morgan fingerprint density at radius 1 is 1.14 bits per heavy atom. The van der Waals surface area contributed by atoms with E-state index in [1.807, 2.05) is 0 Å². The highest BCUT2D eigenvalue weighted by Gasteiger charge is 2.13. The number of carbonyl (C=O) groups is 1. The third-order valence-corrected chi connectivity index (χ3v) is 1.93. The topological polar surface area (TPSA) is 77.8 Å². The summed E-state index contributed by atoms with van der Waals surface area (Å²) in [7, 11) is 0. The Hall–Kier alpha value is -0.870. The van der Waals surface area contributed by atoms with Crippen molar-refractivity contribution in [2.45, 2.75) is 45.8 Å². The molecule has 82 valence electrons. The fourth-order valence-electron chi connectivity index (χ4n) is 1.25. The molecule has 0 radical (unpaired) electrons. The lowest BCUT2D eigenvalue weighted by Gasteiger charge is -2.13. The quantitative estimate of drug-likeness (QED) is 0.579. The van der Waals surface area contributed by atoms with Crippen LogP contribution in [0.25, 0.3) is 0 Å². The molecule has 0 aliphatic carbocycles. The molecule has 0 aliphatic rings. The number of hydrogen-bond acceptors (Lipinski definition) is 3. The van der Waals surface area contributed by atoms with E-state index in [-0.39, 0.29) is 5.57 Å². The van der Waals surface area contributed by atoms with Crippen molar-refractivity contribution in [3.05, 3.63) is 11.1 Å². The van der Waals surface area contributed by atoms with Gasteiger partial charge in [0.05, 0.1) is 12.2 Å². The molecule has 0 aromatic rings. The Bertz CT molecular complexity index is 216. The third kappa shape index (κ3) is 4.99. The van der Waals surface area contributed by atoms with E-state index in [1.165, 1.54) is 6.92 Å². The standard InChI is InChI=1S/C10H18O4/c1-6(11)4-9(5-7(2)12)8(3)10(13)14/h6-7,11-12H,4-5H2,1-3H3,(H,13,14). The van der Waals surface area contributed by atoms with E-state index in [1.54, 1.807) is 13.8 Å². The predicted molar refractivity (Wildman–Crippen MR) is 52.9 cm³/mol. The van der Waals surface area contributed by atoms with Gasteiger partial charge >= 0.3 is 5.97 Å². The fourth-order valence-corrected chi connectivity index (χ4v) is 1.25. The maximum Gasteiger partial charge on any atom is 0.331 e. The van der Waals surface area contributed by atoms with Crippen molar-refractivity contribution in [3.63, 3.8) is 0 Å². The van der Waals surface area contributed by atoms with Gasteiger partial charge in [0.15, 0.2) is 0 Å². The number of carboxylic acid groups (broad SMARTS) is 1. The number of rotatable bonds is 5. The summed E-state index contributed by atoms with van der Waals surface area (Å²) in [5, 5.41) is 27.1. The minimum atomic E-state index is -0.999. The van der Waals surface area contributed by atoms with Crippen LogP contribution in [0.2, 0.25) is 0 Å². The molecular weight excluding hydrogens is 184 g/mol. The second kappa shape index (κ2) is 5.78. The lowest BCUT2D eigenvalue weighted by atomic mass is 9.98. The van der Waals surface area contributed by atoms with Gasteiger partial charge in [-0.15, -0.1) is 0 Å². The molecule has 0 bridgehead atoms. The summed E-state index contributed by atoms with van der Waals surface area (Å²) in [6.45, 7) is 4.68. The molecule has 0 saturated heterocycles. The molecule has 2 atom stereocenters. The van der Waals surface area contributed by atoms with Crippen molar-refractivity contribution in [2.24, 2.45) is 0 Å². The number of aliphatic hydroxyl groups is 2. The van der Waals surface area contributed by atoms with E-state index >= 15 is 0 Å². The van der Waals surface area contributed by atoms with E-state index in [4.69, 9.17) is 15.3 Å². The van der Waals surface area contributed by atoms with Gasteiger partial charge in [-0.1, -0.05) is 5.57 Å². The predicted octanol–water partition coefficient (Wildman–Crippen LogP) is 0.929. The molecule has 0 rings (SSSR count). The Balaban J connectivity index is 4.70. The zero-order valence-corrected chi connectivity index (χ0v) is 8.82. The molecule has 0 aromatic carbocycles. The number of carboxylic acids is 1. The van der Waals surface area contributed by atoms with Crippen LogP contribution in [0.5, 0.6) is 0 Å². The minimum Gasteiger partial charge on any atom is -0.478 e. The third-order valence-electron chi connectivity index (χ3n) is 1.93. The van der Waals surface area contributed by atoms with Gasteiger partial charge in [-0.3, -0.25) is 0 Å². The Morgan fingerprint density at radius 3 is 1.71 bits per heavy atom. The summed E-state index contributed by atoms with van der Waals surface area (Å²) < 4.78 is 0. The summed E-state index contributed by atoms with van der Waals surface area (Å²) in [6.07, 6.45) is -0.581. The van der Waals surface area contributed by atoms with Gasteiger partial charge in [0.2, 0.25) is 0 Å². The van der Waals surface area contributed by atoms with Crippen LogP contribution < -0.4 is 0 Å². The normalized spacial score (nSPS) is 14.6. The van der Waals surface area contributed by atoms with E-state index < -0.39 is 18.2 Å². The van der Waals surface area contributed by atoms with E-state index in [2.05, 4.69) is 0 Å². The molecule has 0 aliphatic heterocycles. The molecule has 0 saturated carbocycles. The second-order valence-electron chi connectivity index (χ2n) is 3.64. The van der Waals surface area contributed by atoms with Crippen LogP contribution in [0.1, 0.15) is 33.6 Å². The summed E-state index contributed by atoms with van der Waals surface area (Å²) in [5.74, 6) is -0.999. The highest BCUT2D eigenvalue weighted by molar-refractivity contribution is 5.86. The molecule has 0 spiro atoms. The van der Waals surface area contributed by atoms with Gasteiger partial charge in [-0.2, -0.15) is 0 Å². The number of aliphatic hydroxyl groups excluding tert-OH is 2. The highest BCUT2D eigenvalue weighted by Crippen LogP contribution is 2.17. The monoisotopic (exact) mass is 202 g/mol. The van der Waals surface area contributed by atoms with Crippen molar-refractivity contribution < 1.29 is 20.1 Å². The van der Waals surface area contributed by atoms with Crippen LogP contribution in [0.4, 0.5) is 0 Å². The molecule has 4 heteroatoms. The average molecular weight is 202 g/mol. The molecule has 0 heterocycles. The molecule has 2 unspecified atom stereocenters. The number of hydrogen-bond donors (Lipinski definition) is 3. The van der Waals surface area contributed by atoms with Crippen molar-refractivity contribution in [1.82, 2.24) is 0 Å². The van der Waals surface area contributed by atoms with Gasteiger partial charge < -0.3 is 15.3 Å². The van der Waals surface area contributed by atoms with Crippen LogP contribution in [-0.2, 0) is 4.79 Å². The van der Waals surface area contributed by atoms with Crippen LogP contribution in [0, 0.1) is 0 Å². The van der Waals surface area contributed by atoms with Crippen molar-refractivity contribution in [2.75, 3.05) is 0 Å². The lowest BCUT2D eigenvalue weighted by molar-refractivity contribution is -0.132. The molecule has 0 aromatic heterocycles. The first-order valence-corrected chi connectivity index (χ1v) is 4.62. The average Bonchev–Trinajstić information content (AvgIpc) is 1.99. The van der Waals surface area contributed by atoms with Gasteiger partial charge in [-0.25, -0.2) is 4.79 Å². The van der Waals surface area contributed by atoms with Crippen molar-refractivity contribution in [3.8, 4) is 0 Å². The maximum absolute atomic E-state index is 10.7. The first kappa shape index (κ1) is 13.1. The lowest BCUT2D eigenvalue weighted by Crippen LogP contribution is -2.12. The van der Waals surface area contributed by atoms with E-state index in [0.29, 0.717) is 18.4 Å². The van der Waals surface area contributed by atoms with E-state index in [0.717, 1.165) is 0 Å². The first-order chi connectivity index (χ1) is 6.34. The minimum absolute atomic E-state index is 0.215. The van der Waals surface area contributed by atoms with Crippen molar-refractivity contribution >= 4 is 5.97 Å². The SMILES string of the molecule is CC(C(=O)O)=C(CC(C)O)CC(C)O. The van der Waals surface area contributed by atoms with Crippen LogP contribution in [-0.4, -0.2) is 33.5 Å². The summed E-state index contributed by atoms with van der Waals surface area (Å²) >= 11 is 0. The molecule has 0 fully saturated rings. The summed E-state index contributed by atoms with van der Waals surface area (Å²) in [5.41, 5.74) is 0.814. The Kier molecular flexibility index (Phi) is 5.42. The van der Waals surface area contributed by atoms with Gasteiger partial charge in [0.1, 0.15) is 0 Å². The molecular formula is C10H18O4. The Morgan fingerprint density at radius 2 is 1.50 bits per heavy atom. The van der Waals surface area contributed by atoms with Crippen LogP contribution in [0.15, 0.2) is 11.1 Å². The largest absolute Gasteiger partial charge is 0.478 e. The Labute approximate surface area is 83.9 Å². The van der Waals surface area contributed by atoms with Gasteiger partial charge in [-0.05, 0) is 33.6 Å². The highest BCUT2D eigenvalue weighted by atomic mass is 16.4. The van der Waals surface area contributed by atoms with Gasteiger partial charge in [0.25, 0.3) is 0 Å². The summed E-state index contributed by atoms with van der Waals surface area (Å²) in [4.78, 5) is 10.7. The smallest absolute Gasteiger partial charge is 0.331 e. The fraction of sp³-hybridized carbons (Fsp3) is 0.700. The zero-order chi connectivity index (χ0) is 11.3.